The molecule has 0 aliphatic heterocycles. The summed E-state index contributed by atoms with van der Waals surface area (Å²) in [6.45, 7) is 7.34. The van der Waals surface area contributed by atoms with E-state index in [4.69, 9.17) is 23.2 Å². The Labute approximate surface area is 167 Å². The molecule has 0 spiro atoms. The van der Waals surface area contributed by atoms with Gasteiger partial charge >= 0.3 is 0 Å². The quantitative estimate of drug-likeness (QED) is 0.487. The van der Waals surface area contributed by atoms with E-state index in [-0.39, 0.29) is 5.82 Å². The average Bonchev–Trinajstić information content (AvgIpc) is 2.64. The van der Waals surface area contributed by atoms with Crippen LogP contribution in [-0.4, -0.2) is 6.04 Å². The molecule has 0 fully saturated rings. The van der Waals surface area contributed by atoms with Crippen LogP contribution in [0, 0.1) is 5.82 Å². The van der Waals surface area contributed by atoms with E-state index in [1.54, 1.807) is 0 Å². The molecule has 0 radical (unpaired) electrons. The Kier molecular flexibility index (Phi) is 11.6. The standard InChI is InChI=1S/C14H22FN.C8H8Cl2/c1-3-5-14(6-4-2)16-11-12-7-9-13(15)10-8-12;1-2-6-3-4-7(9)8(10)5-6/h7-10,14,16H,3-6,11H2,1-2H3;3-5H,2H2,1H3. The SMILES string of the molecule is CCCC(CCC)NCc1ccc(F)cc1.CCc1ccc(Cl)c(Cl)c1. The Morgan fingerprint density at radius 1 is 0.846 bits per heavy atom. The van der Waals surface area contributed by atoms with Crippen molar-refractivity contribution in [3.05, 3.63) is 69.5 Å². The predicted octanol–water partition coefficient (Wildman–Crippen LogP) is 7.44. The third-order valence-electron chi connectivity index (χ3n) is 4.17. The fourth-order valence-electron chi connectivity index (χ4n) is 2.67. The number of halogens is 3. The first-order valence-corrected chi connectivity index (χ1v) is 10.2. The Morgan fingerprint density at radius 2 is 1.42 bits per heavy atom. The lowest BCUT2D eigenvalue weighted by molar-refractivity contribution is 0.443. The molecule has 1 nitrogen and oxygen atoms in total. The van der Waals surface area contributed by atoms with Gasteiger partial charge in [0.2, 0.25) is 0 Å². The van der Waals surface area contributed by atoms with Gasteiger partial charge in [0.25, 0.3) is 0 Å². The maximum absolute atomic E-state index is 12.7. The maximum atomic E-state index is 12.7. The monoisotopic (exact) mass is 397 g/mol. The van der Waals surface area contributed by atoms with Crippen LogP contribution in [0.15, 0.2) is 42.5 Å². The Bertz CT molecular complexity index is 623. The highest BCUT2D eigenvalue weighted by atomic mass is 35.5. The minimum Gasteiger partial charge on any atom is -0.310 e. The van der Waals surface area contributed by atoms with Crippen LogP contribution in [0.3, 0.4) is 0 Å². The van der Waals surface area contributed by atoms with Crippen molar-refractivity contribution in [3.8, 4) is 0 Å². The van der Waals surface area contributed by atoms with E-state index < -0.39 is 0 Å². The summed E-state index contributed by atoms with van der Waals surface area (Å²) >= 11 is 11.5. The summed E-state index contributed by atoms with van der Waals surface area (Å²) in [7, 11) is 0. The van der Waals surface area contributed by atoms with E-state index in [2.05, 4.69) is 26.1 Å². The van der Waals surface area contributed by atoms with Gasteiger partial charge < -0.3 is 5.32 Å². The molecule has 0 unspecified atom stereocenters. The lowest BCUT2D eigenvalue weighted by atomic mass is 10.1. The van der Waals surface area contributed by atoms with E-state index in [9.17, 15) is 4.39 Å². The summed E-state index contributed by atoms with van der Waals surface area (Å²) in [5, 5.41) is 4.80. The zero-order valence-corrected chi connectivity index (χ0v) is 17.5. The Hall–Kier alpha value is -1.09. The van der Waals surface area contributed by atoms with Crippen LogP contribution in [0.5, 0.6) is 0 Å². The minimum atomic E-state index is -0.164. The molecular weight excluding hydrogens is 368 g/mol. The molecule has 0 bridgehead atoms. The van der Waals surface area contributed by atoms with Crippen molar-refractivity contribution in [3.63, 3.8) is 0 Å². The number of rotatable bonds is 8. The number of aryl methyl sites for hydroxylation is 1. The molecule has 0 amide bonds. The van der Waals surface area contributed by atoms with Gasteiger partial charge in [-0.05, 0) is 54.7 Å². The molecule has 4 heteroatoms. The predicted molar refractivity (Wildman–Crippen MR) is 113 cm³/mol. The van der Waals surface area contributed by atoms with Gasteiger partial charge in [0, 0.05) is 12.6 Å². The van der Waals surface area contributed by atoms with Crippen LogP contribution in [-0.2, 0) is 13.0 Å². The molecule has 26 heavy (non-hydrogen) atoms. The van der Waals surface area contributed by atoms with Crippen molar-refractivity contribution in [1.29, 1.82) is 0 Å². The van der Waals surface area contributed by atoms with Crippen molar-refractivity contribution in [2.75, 3.05) is 0 Å². The molecule has 2 aromatic carbocycles. The fourth-order valence-corrected chi connectivity index (χ4v) is 2.99. The lowest BCUT2D eigenvalue weighted by Crippen LogP contribution is -2.28. The van der Waals surface area contributed by atoms with Gasteiger partial charge in [-0.1, -0.05) is 75.0 Å². The highest BCUT2D eigenvalue weighted by Gasteiger charge is 2.05. The van der Waals surface area contributed by atoms with Crippen LogP contribution in [0.1, 0.15) is 57.6 Å². The van der Waals surface area contributed by atoms with E-state index >= 15 is 0 Å². The molecule has 0 atom stereocenters. The first-order chi connectivity index (χ1) is 12.5. The summed E-state index contributed by atoms with van der Waals surface area (Å²) in [4.78, 5) is 0. The smallest absolute Gasteiger partial charge is 0.123 e. The molecule has 0 aliphatic rings. The molecule has 0 heterocycles. The van der Waals surface area contributed by atoms with Crippen molar-refractivity contribution in [2.24, 2.45) is 0 Å². The second-order valence-electron chi connectivity index (χ2n) is 6.38. The van der Waals surface area contributed by atoms with Crippen LogP contribution < -0.4 is 5.32 Å². The fraction of sp³-hybridized carbons (Fsp3) is 0.455. The molecule has 2 aromatic rings. The molecule has 2 rings (SSSR count). The van der Waals surface area contributed by atoms with Gasteiger partial charge in [-0.15, -0.1) is 0 Å². The second-order valence-corrected chi connectivity index (χ2v) is 7.20. The summed E-state index contributed by atoms with van der Waals surface area (Å²) in [5.41, 5.74) is 2.37. The van der Waals surface area contributed by atoms with E-state index in [0.29, 0.717) is 16.1 Å². The van der Waals surface area contributed by atoms with Crippen molar-refractivity contribution in [1.82, 2.24) is 5.32 Å². The Balaban J connectivity index is 0.000000289. The number of hydrogen-bond donors (Lipinski definition) is 1. The number of nitrogens with one attached hydrogen (secondary N) is 1. The van der Waals surface area contributed by atoms with E-state index in [1.807, 2.05) is 30.3 Å². The molecular formula is C22H30Cl2FN. The van der Waals surface area contributed by atoms with Crippen LogP contribution in [0.4, 0.5) is 4.39 Å². The van der Waals surface area contributed by atoms with Gasteiger partial charge in [-0.2, -0.15) is 0 Å². The minimum absolute atomic E-state index is 0.164. The largest absolute Gasteiger partial charge is 0.310 e. The summed E-state index contributed by atoms with van der Waals surface area (Å²) in [5.74, 6) is -0.164. The molecule has 144 valence electrons. The van der Waals surface area contributed by atoms with Gasteiger partial charge in [-0.3, -0.25) is 0 Å². The lowest BCUT2D eigenvalue weighted by Gasteiger charge is -2.17. The van der Waals surface area contributed by atoms with Crippen LogP contribution in [0.2, 0.25) is 10.0 Å². The van der Waals surface area contributed by atoms with E-state index in [0.717, 1.165) is 18.5 Å². The third-order valence-corrected chi connectivity index (χ3v) is 4.91. The zero-order valence-electron chi connectivity index (χ0n) is 16.0. The number of benzene rings is 2. The summed E-state index contributed by atoms with van der Waals surface area (Å²) < 4.78 is 12.7. The molecule has 0 saturated heterocycles. The maximum Gasteiger partial charge on any atom is 0.123 e. The van der Waals surface area contributed by atoms with Gasteiger partial charge in [0.1, 0.15) is 5.82 Å². The highest BCUT2D eigenvalue weighted by molar-refractivity contribution is 6.42. The van der Waals surface area contributed by atoms with Crippen molar-refractivity contribution >= 4 is 23.2 Å². The van der Waals surface area contributed by atoms with Gasteiger partial charge in [0.15, 0.2) is 0 Å². The number of hydrogen-bond acceptors (Lipinski definition) is 1. The second kappa shape index (κ2) is 13.1. The van der Waals surface area contributed by atoms with Crippen LogP contribution in [0.25, 0.3) is 0 Å². The summed E-state index contributed by atoms with van der Waals surface area (Å²) in [6, 6.07) is 13.0. The first-order valence-electron chi connectivity index (χ1n) is 9.41. The Morgan fingerprint density at radius 3 is 1.92 bits per heavy atom. The zero-order chi connectivity index (χ0) is 19.4. The van der Waals surface area contributed by atoms with Gasteiger partial charge in [-0.25, -0.2) is 4.39 Å². The molecule has 0 saturated carbocycles. The average molecular weight is 398 g/mol. The topological polar surface area (TPSA) is 12.0 Å². The van der Waals surface area contributed by atoms with E-state index in [1.165, 1.54) is 43.4 Å². The van der Waals surface area contributed by atoms with Crippen molar-refractivity contribution in [2.45, 2.75) is 65.5 Å². The molecule has 0 aliphatic carbocycles. The summed E-state index contributed by atoms with van der Waals surface area (Å²) in [6.07, 6.45) is 5.85. The first kappa shape index (κ1) is 23.0. The third kappa shape index (κ3) is 9.02. The van der Waals surface area contributed by atoms with Crippen LogP contribution >= 0.6 is 23.2 Å². The van der Waals surface area contributed by atoms with Crippen molar-refractivity contribution < 1.29 is 4.39 Å². The normalized spacial score (nSPS) is 10.6. The molecule has 0 aromatic heterocycles. The molecule has 1 N–H and O–H groups in total. The highest BCUT2D eigenvalue weighted by Crippen LogP contribution is 2.22. The van der Waals surface area contributed by atoms with Gasteiger partial charge in [0.05, 0.1) is 10.0 Å².